The second kappa shape index (κ2) is 4.22. The first kappa shape index (κ1) is 11.7. The Bertz CT molecular complexity index is 424. The third kappa shape index (κ3) is 2.17. The average Bonchev–Trinajstić information content (AvgIpc) is 2.27. The summed E-state index contributed by atoms with van der Waals surface area (Å²) in [5.41, 5.74) is 11.7. The van der Waals surface area contributed by atoms with Crippen molar-refractivity contribution in [3.8, 4) is 0 Å². The third-order valence-corrected chi connectivity index (χ3v) is 2.68. The molecule has 8 N–H and O–H groups in total. The lowest BCUT2D eigenvalue weighted by atomic mass is 10.0. The molecule has 0 aromatic carbocycles. The maximum Gasteiger partial charge on any atom is 0.224 e. The van der Waals surface area contributed by atoms with Gasteiger partial charge in [0.05, 0.1) is 12.1 Å². The standard InChI is InChI=1S/C9H16N6O2/c1-3(16)6(17)4-2-12-8-5(13-4)7(10)14-9(11)15-8/h3-4,6,13,16-17H,2H2,1H3,(H5,10,11,12,14,15)/t3?,4-,6?/m1/s1. The SMILES string of the molecule is CC(O)C(O)[C@H]1CNc2nc(N)nc(N)c2N1. The highest BCUT2D eigenvalue weighted by Crippen LogP contribution is 2.30. The number of nitrogens with zero attached hydrogens (tertiary/aromatic N) is 2. The number of anilines is 4. The van der Waals surface area contributed by atoms with Gasteiger partial charge in [-0.05, 0) is 6.92 Å². The summed E-state index contributed by atoms with van der Waals surface area (Å²) in [7, 11) is 0. The number of aliphatic hydroxyl groups excluding tert-OH is 2. The van der Waals surface area contributed by atoms with Crippen LogP contribution in [0.4, 0.5) is 23.3 Å². The van der Waals surface area contributed by atoms with Gasteiger partial charge in [-0.3, -0.25) is 0 Å². The highest BCUT2D eigenvalue weighted by Gasteiger charge is 2.29. The summed E-state index contributed by atoms with van der Waals surface area (Å²) in [6.45, 7) is 1.93. The number of rotatable bonds is 2. The Morgan fingerprint density at radius 3 is 2.71 bits per heavy atom. The first-order chi connectivity index (χ1) is 7.99. The molecule has 2 unspecified atom stereocenters. The largest absolute Gasteiger partial charge is 0.391 e. The van der Waals surface area contributed by atoms with Crippen molar-refractivity contribution in [2.24, 2.45) is 0 Å². The van der Waals surface area contributed by atoms with Crippen LogP contribution in [0.2, 0.25) is 0 Å². The van der Waals surface area contributed by atoms with E-state index in [9.17, 15) is 10.2 Å². The third-order valence-electron chi connectivity index (χ3n) is 2.68. The van der Waals surface area contributed by atoms with Gasteiger partial charge < -0.3 is 32.3 Å². The van der Waals surface area contributed by atoms with Gasteiger partial charge in [0.2, 0.25) is 5.95 Å². The van der Waals surface area contributed by atoms with Crippen molar-refractivity contribution >= 4 is 23.3 Å². The van der Waals surface area contributed by atoms with Gasteiger partial charge in [-0.25, -0.2) is 0 Å². The van der Waals surface area contributed by atoms with Crippen LogP contribution in [0.5, 0.6) is 0 Å². The molecular weight excluding hydrogens is 224 g/mol. The summed E-state index contributed by atoms with van der Waals surface area (Å²) in [6.07, 6.45) is -1.75. The van der Waals surface area contributed by atoms with Gasteiger partial charge in [-0.1, -0.05) is 0 Å². The number of fused-ring (bicyclic) bond motifs is 1. The lowest BCUT2D eigenvalue weighted by Gasteiger charge is -2.32. The Hall–Kier alpha value is -1.80. The number of aliphatic hydroxyl groups is 2. The number of hydrogen-bond donors (Lipinski definition) is 6. The fourth-order valence-corrected chi connectivity index (χ4v) is 1.75. The van der Waals surface area contributed by atoms with Crippen molar-refractivity contribution in [2.75, 3.05) is 28.6 Å². The molecule has 8 nitrogen and oxygen atoms in total. The average molecular weight is 240 g/mol. The van der Waals surface area contributed by atoms with Crippen molar-refractivity contribution in [3.63, 3.8) is 0 Å². The number of nitrogen functional groups attached to an aromatic ring is 2. The quantitative estimate of drug-likeness (QED) is 0.370. The van der Waals surface area contributed by atoms with Crippen LogP contribution in [0, 0.1) is 0 Å². The monoisotopic (exact) mass is 240 g/mol. The molecule has 17 heavy (non-hydrogen) atoms. The fourth-order valence-electron chi connectivity index (χ4n) is 1.75. The molecule has 1 aromatic rings. The van der Waals surface area contributed by atoms with E-state index in [2.05, 4.69) is 20.6 Å². The lowest BCUT2D eigenvalue weighted by molar-refractivity contribution is 0.0214. The summed E-state index contributed by atoms with van der Waals surface area (Å²) in [5, 5.41) is 25.1. The van der Waals surface area contributed by atoms with E-state index in [4.69, 9.17) is 11.5 Å². The summed E-state index contributed by atoms with van der Waals surface area (Å²) < 4.78 is 0. The van der Waals surface area contributed by atoms with E-state index in [-0.39, 0.29) is 17.8 Å². The minimum absolute atomic E-state index is 0.0880. The summed E-state index contributed by atoms with van der Waals surface area (Å²) in [4.78, 5) is 7.81. The van der Waals surface area contributed by atoms with E-state index in [0.29, 0.717) is 18.1 Å². The van der Waals surface area contributed by atoms with Crippen LogP contribution in [0.3, 0.4) is 0 Å². The van der Waals surface area contributed by atoms with Gasteiger partial charge in [0.1, 0.15) is 11.8 Å². The van der Waals surface area contributed by atoms with E-state index in [1.165, 1.54) is 6.92 Å². The summed E-state index contributed by atoms with van der Waals surface area (Å²) in [5.74, 6) is 0.802. The fraction of sp³-hybridized carbons (Fsp3) is 0.556. The van der Waals surface area contributed by atoms with Crippen LogP contribution in [-0.4, -0.2) is 45.0 Å². The number of hydrogen-bond acceptors (Lipinski definition) is 8. The van der Waals surface area contributed by atoms with Gasteiger partial charge in [0.15, 0.2) is 11.6 Å². The molecule has 1 aliphatic rings. The molecule has 1 aromatic heterocycles. The van der Waals surface area contributed by atoms with Crippen LogP contribution < -0.4 is 22.1 Å². The van der Waals surface area contributed by atoms with Gasteiger partial charge in [-0.15, -0.1) is 0 Å². The van der Waals surface area contributed by atoms with Gasteiger partial charge in [-0.2, -0.15) is 9.97 Å². The lowest BCUT2D eigenvalue weighted by Crippen LogP contribution is -2.47. The van der Waals surface area contributed by atoms with Gasteiger partial charge >= 0.3 is 0 Å². The zero-order chi connectivity index (χ0) is 12.6. The molecule has 2 heterocycles. The van der Waals surface area contributed by atoms with Crippen molar-refractivity contribution in [3.05, 3.63) is 0 Å². The predicted octanol–water partition coefficient (Wildman–Crippen LogP) is -1.41. The zero-order valence-electron chi connectivity index (χ0n) is 9.38. The normalized spacial score (nSPS) is 21.9. The smallest absolute Gasteiger partial charge is 0.224 e. The Balaban J connectivity index is 2.24. The molecule has 0 radical (unpaired) electrons. The summed E-state index contributed by atoms with van der Waals surface area (Å²) in [6, 6.07) is -0.364. The van der Waals surface area contributed by atoms with Crippen LogP contribution >= 0.6 is 0 Å². The zero-order valence-corrected chi connectivity index (χ0v) is 9.38. The molecule has 1 aliphatic heterocycles. The van der Waals surface area contributed by atoms with Crippen LogP contribution in [-0.2, 0) is 0 Å². The molecule has 8 heteroatoms. The highest BCUT2D eigenvalue weighted by molar-refractivity contribution is 5.78. The Morgan fingerprint density at radius 2 is 2.06 bits per heavy atom. The molecule has 3 atom stereocenters. The first-order valence-electron chi connectivity index (χ1n) is 5.28. The minimum atomic E-state index is -0.910. The van der Waals surface area contributed by atoms with E-state index >= 15 is 0 Å². The van der Waals surface area contributed by atoms with Crippen molar-refractivity contribution in [1.82, 2.24) is 9.97 Å². The molecule has 0 spiro atoms. The molecule has 0 amide bonds. The van der Waals surface area contributed by atoms with Crippen molar-refractivity contribution in [1.29, 1.82) is 0 Å². The molecule has 0 saturated carbocycles. The highest BCUT2D eigenvalue weighted by atomic mass is 16.3. The Kier molecular flexibility index (Phi) is 2.90. The predicted molar refractivity (Wildman–Crippen MR) is 64.4 cm³/mol. The van der Waals surface area contributed by atoms with Crippen LogP contribution in [0.25, 0.3) is 0 Å². The van der Waals surface area contributed by atoms with Gasteiger partial charge in [0, 0.05) is 6.54 Å². The van der Waals surface area contributed by atoms with E-state index in [0.717, 1.165) is 0 Å². The Morgan fingerprint density at radius 1 is 1.35 bits per heavy atom. The van der Waals surface area contributed by atoms with Crippen molar-refractivity contribution < 1.29 is 10.2 Å². The van der Waals surface area contributed by atoms with E-state index < -0.39 is 12.2 Å². The molecular formula is C9H16N6O2. The van der Waals surface area contributed by atoms with Crippen LogP contribution in [0.15, 0.2) is 0 Å². The van der Waals surface area contributed by atoms with Gasteiger partial charge in [0.25, 0.3) is 0 Å². The number of nitrogens with two attached hydrogens (primary N) is 2. The minimum Gasteiger partial charge on any atom is -0.391 e. The molecule has 0 fully saturated rings. The number of nitrogens with one attached hydrogen (secondary N) is 2. The number of aromatic nitrogens is 2. The second-order valence-corrected chi connectivity index (χ2v) is 4.05. The summed E-state index contributed by atoms with van der Waals surface area (Å²) >= 11 is 0. The maximum absolute atomic E-state index is 9.76. The molecule has 0 bridgehead atoms. The molecule has 94 valence electrons. The topological polar surface area (TPSA) is 142 Å². The van der Waals surface area contributed by atoms with Crippen molar-refractivity contribution in [2.45, 2.75) is 25.2 Å². The molecule has 2 rings (SSSR count). The molecule has 0 saturated heterocycles. The Labute approximate surface area is 98.1 Å². The van der Waals surface area contributed by atoms with Crippen LogP contribution in [0.1, 0.15) is 6.92 Å². The van der Waals surface area contributed by atoms with E-state index in [1.54, 1.807) is 0 Å². The van der Waals surface area contributed by atoms with E-state index in [1.807, 2.05) is 0 Å². The maximum atomic E-state index is 9.76. The molecule has 0 aliphatic carbocycles. The second-order valence-electron chi connectivity index (χ2n) is 4.05. The first-order valence-corrected chi connectivity index (χ1v) is 5.28.